The molecule has 1 aliphatic heterocycles. The van der Waals surface area contributed by atoms with E-state index < -0.39 is 0 Å². The molecular weight excluding hydrogens is 375 g/mol. The quantitative estimate of drug-likeness (QED) is 0.814. The highest BCUT2D eigenvalue weighted by molar-refractivity contribution is 6.37. The second-order valence-corrected chi connectivity index (χ2v) is 6.81. The lowest BCUT2D eigenvalue weighted by Gasteiger charge is -2.28. The van der Waals surface area contributed by atoms with E-state index in [9.17, 15) is 9.59 Å². The van der Waals surface area contributed by atoms with E-state index >= 15 is 0 Å². The van der Waals surface area contributed by atoms with Gasteiger partial charge in [0.15, 0.2) is 0 Å². The molecule has 136 valence electrons. The maximum atomic E-state index is 12.5. The average Bonchev–Trinajstić information content (AvgIpc) is 2.62. The summed E-state index contributed by atoms with van der Waals surface area (Å²) >= 11 is 12.0. The number of halogens is 2. The molecule has 1 N–H and O–H groups in total. The Labute approximate surface area is 161 Å². The molecule has 1 heterocycles. The molecule has 1 fully saturated rings. The van der Waals surface area contributed by atoms with Crippen LogP contribution in [-0.4, -0.2) is 25.5 Å². The van der Waals surface area contributed by atoms with Gasteiger partial charge in [-0.05, 0) is 49.2 Å². The van der Waals surface area contributed by atoms with Crippen molar-refractivity contribution in [3.8, 4) is 5.75 Å². The number of ether oxygens (including phenoxy) is 1. The van der Waals surface area contributed by atoms with Gasteiger partial charge in [-0.1, -0.05) is 23.2 Å². The van der Waals surface area contributed by atoms with Crippen LogP contribution in [0.2, 0.25) is 10.0 Å². The zero-order chi connectivity index (χ0) is 18.7. The second-order valence-electron chi connectivity index (χ2n) is 5.97. The molecule has 2 aromatic carbocycles. The monoisotopic (exact) mass is 392 g/mol. The van der Waals surface area contributed by atoms with E-state index in [0.29, 0.717) is 40.7 Å². The van der Waals surface area contributed by atoms with Gasteiger partial charge in [-0.3, -0.25) is 9.59 Å². The summed E-state index contributed by atoms with van der Waals surface area (Å²) in [6.45, 7) is 0.635. The molecule has 0 radical (unpaired) electrons. The number of nitrogens with zero attached hydrogens (tertiary/aromatic N) is 1. The number of hydrogen-bond donors (Lipinski definition) is 1. The molecule has 0 unspecified atom stereocenters. The lowest BCUT2D eigenvalue weighted by atomic mass is 10.1. The van der Waals surface area contributed by atoms with Crippen molar-refractivity contribution in [3.05, 3.63) is 52.0 Å². The smallest absolute Gasteiger partial charge is 0.257 e. The number of methoxy groups -OCH3 is 1. The van der Waals surface area contributed by atoms with Gasteiger partial charge in [0.2, 0.25) is 5.91 Å². The van der Waals surface area contributed by atoms with Crippen molar-refractivity contribution in [2.24, 2.45) is 0 Å². The van der Waals surface area contributed by atoms with E-state index in [2.05, 4.69) is 5.32 Å². The zero-order valence-electron chi connectivity index (χ0n) is 14.2. The van der Waals surface area contributed by atoms with Crippen LogP contribution in [0.15, 0.2) is 36.4 Å². The zero-order valence-corrected chi connectivity index (χ0v) is 15.7. The lowest BCUT2D eigenvalue weighted by molar-refractivity contribution is -0.119. The number of anilines is 2. The Kier molecular flexibility index (Phi) is 5.69. The minimum atomic E-state index is -0.354. The molecule has 0 saturated carbocycles. The summed E-state index contributed by atoms with van der Waals surface area (Å²) in [7, 11) is 1.55. The third kappa shape index (κ3) is 3.94. The van der Waals surface area contributed by atoms with Crippen molar-refractivity contribution in [3.63, 3.8) is 0 Å². The van der Waals surface area contributed by atoms with Crippen LogP contribution in [0, 0.1) is 0 Å². The number of piperidine rings is 1. The molecule has 3 rings (SSSR count). The third-order valence-electron chi connectivity index (χ3n) is 4.23. The number of carbonyl (C=O) groups excluding carboxylic acids is 2. The second kappa shape index (κ2) is 7.98. The first-order valence-electron chi connectivity index (χ1n) is 8.24. The largest absolute Gasteiger partial charge is 0.495 e. The standard InChI is InChI=1S/C19H18Cl2N2O3/c1-26-17-8-6-13(11-16(17)23-9-3-2-4-18(23)24)22-19(25)14-7-5-12(20)10-15(14)21/h5-8,10-11H,2-4,9H2,1H3,(H,22,25). The van der Waals surface area contributed by atoms with Crippen LogP contribution in [0.3, 0.4) is 0 Å². The van der Waals surface area contributed by atoms with Crippen LogP contribution in [0.25, 0.3) is 0 Å². The summed E-state index contributed by atoms with van der Waals surface area (Å²) < 4.78 is 5.38. The predicted octanol–water partition coefficient (Wildman–Crippen LogP) is 4.77. The Bertz CT molecular complexity index is 855. The van der Waals surface area contributed by atoms with Gasteiger partial charge in [0.05, 0.1) is 23.4 Å². The normalized spacial score (nSPS) is 14.3. The third-order valence-corrected chi connectivity index (χ3v) is 4.77. The van der Waals surface area contributed by atoms with Crippen LogP contribution < -0.4 is 15.0 Å². The highest BCUT2D eigenvalue weighted by Gasteiger charge is 2.23. The average molecular weight is 393 g/mol. The van der Waals surface area contributed by atoms with Gasteiger partial charge < -0.3 is 15.0 Å². The van der Waals surface area contributed by atoms with Crippen LogP contribution >= 0.6 is 23.2 Å². The van der Waals surface area contributed by atoms with Gasteiger partial charge in [0.25, 0.3) is 5.91 Å². The van der Waals surface area contributed by atoms with E-state index in [1.165, 1.54) is 6.07 Å². The van der Waals surface area contributed by atoms with E-state index in [1.54, 1.807) is 42.3 Å². The van der Waals surface area contributed by atoms with Crippen molar-refractivity contribution in [1.29, 1.82) is 0 Å². The fraction of sp³-hybridized carbons (Fsp3) is 0.263. The number of carbonyl (C=O) groups is 2. The van der Waals surface area contributed by atoms with Crippen LogP contribution in [0.4, 0.5) is 11.4 Å². The van der Waals surface area contributed by atoms with Gasteiger partial charge in [-0.2, -0.15) is 0 Å². The highest BCUT2D eigenvalue weighted by atomic mass is 35.5. The first-order chi connectivity index (χ1) is 12.5. The number of amides is 2. The Hall–Kier alpha value is -2.24. The number of hydrogen-bond acceptors (Lipinski definition) is 3. The Morgan fingerprint density at radius 1 is 1.15 bits per heavy atom. The van der Waals surface area contributed by atoms with Crippen molar-refractivity contribution >= 4 is 46.4 Å². The van der Waals surface area contributed by atoms with E-state index in [1.807, 2.05) is 0 Å². The van der Waals surface area contributed by atoms with Crippen LogP contribution in [-0.2, 0) is 4.79 Å². The molecule has 7 heteroatoms. The van der Waals surface area contributed by atoms with E-state index in [0.717, 1.165) is 12.8 Å². The predicted molar refractivity (Wildman–Crippen MR) is 104 cm³/mol. The molecular formula is C19H18Cl2N2O3. The summed E-state index contributed by atoms with van der Waals surface area (Å²) in [6, 6.07) is 9.88. The summed E-state index contributed by atoms with van der Waals surface area (Å²) in [5, 5.41) is 3.54. The maximum Gasteiger partial charge on any atom is 0.257 e. The SMILES string of the molecule is COc1ccc(NC(=O)c2ccc(Cl)cc2Cl)cc1N1CCCCC1=O. The van der Waals surface area contributed by atoms with Gasteiger partial charge in [0.1, 0.15) is 5.75 Å². The number of rotatable bonds is 4. The number of benzene rings is 2. The molecule has 26 heavy (non-hydrogen) atoms. The fourth-order valence-electron chi connectivity index (χ4n) is 2.91. The Balaban J connectivity index is 1.87. The maximum absolute atomic E-state index is 12.5. The molecule has 5 nitrogen and oxygen atoms in total. The van der Waals surface area contributed by atoms with Crippen molar-refractivity contribution in [1.82, 2.24) is 0 Å². The summed E-state index contributed by atoms with van der Waals surface area (Å²) in [6.07, 6.45) is 2.34. The molecule has 0 atom stereocenters. The minimum absolute atomic E-state index is 0.0544. The van der Waals surface area contributed by atoms with E-state index in [4.69, 9.17) is 27.9 Å². The van der Waals surface area contributed by atoms with E-state index in [-0.39, 0.29) is 16.8 Å². The minimum Gasteiger partial charge on any atom is -0.495 e. The van der Waals surface area contributed by atoms with Crippen LogP contribution in [0.1, 0.15) is 29.6 Å². The molecule has 0 aromatic heterocycles. The molecule has 0 aliphatic carbocycles. The van der Waals surface area contributed by atoms with Crippen molar-refractivity contribution in [2.75, 3.05) is 23.9 Å². The fourth-order valence-corrected chi connectivity index (χ4v) is 3.41. The van der Waals surface area contributed by atoms with Gasteiger partial charge >= 0.3 is 0 Å². The van der Waals surface area contributed by atoms with Crippen molar-refractivity contribution < 1.29 is 14.3 Å². The topological polar surface area (TPSA) is 58.6 Å². The lowest BCUT2D eigenvalue weighted by Crippen LogP contribution is -2.35. The van der Waals surface area contributed by atoms with Crippen molar-refractivity contribution in [2.45, 2.75) is 19.3 Å². The molecule has 2 aromatic rings. The molecule has 2 amide bonds. The Morgan fingerprint density at radius 2 is 1.96 bits per heavy atom. The summed E-state index contributed by atoms with van der Waals surface area (Å²) in [5.41, 5.74) is 1.52. The first-order valence-corrected chi connectivity index (χ1v) is 9.00. The van der Waals surface area contributed by atoms with Gasteiger partial charge in [0, 0.05) is 23.7 Å². The first kappa shape index (κ1) is 18.5. The summed E-state index contributed by atoms with van der Waals surface area (Å²) in [5.74, 6) is 0.286. The van der Waals surface area contributed by atoms with Crippen LogP contribution in [0.5, 0.6) is 5.75 Å². The van der Waals surface area contributed by atoms with Gasteiger partial charge in [-0.25, -0.2) is 0 Å². The summed E-state index contributed by atoms with van der Waals surface area (Å²) in [4.78, 5) is 26.5. The van der Waals surface area contributed by atoms with Gasteiger partial charge in [-0.15, -0.1) is 0 Å². The highest BCUT2D eigenvalue weighted by Crippen LogP contribution is 2.34. The Morgan fingerprint density at radius 3 is 2.65 bits per heavy atom. The molecule has 1 aliphatic rings. The number of nitrogens with one attached hydrogen (secondary N) is 1. The molecule has 1 saturated heterocycles. The molecule has 0 bridgehead atoms. The molecule has 0 spiro atoms.